The Kier molecular flexibility index (Phi) is 3.60. The molecule has 1 aromatic carbocycles. The molecule has 114 valence electrons. The van der Waals surface area contributed by atoms with E-state index >= 15 is 0 Å². The largest absolute Gasteiger partial charge is 0.497 e. The first kappa shape index (κ1) is 14.9. The van der Waals surface area contributed by atoms with Crippen LogP contribution in [0.5, 0.6) is 5.75 Å². The van der Waals surface area contributed by atoms with Crippen LogP contribution in [0.15, 0.2) is 47.2 Å². The van der Waals surface area contributed by atoms with Crippen molar-refractivity contribution < 1.29 is 17.9 Å². The third-order valence-corrected chi connectivity index (χ3v) is 3.90. The van der Waals surface area contributed by atoms with Gasteiger partial charge in [0.25, 0.3) is 0 Å². The average molecular weight is 371 g/mol. The summed E-state index contributed by atoms with van der Waals surface area (Å²) in [7, 11) is 1.56. The van der Waals surface area contributed by atoms with Crippen molar-refractivity contribution >= 4 is 21.6 Å². The molecule has 0 aliphatic carbocycles. The molecule has 0 amide bonds. The number of hydrogen-bond donors (Lipinski definition) is 0. The smallest absolute Gasteiger partial charge is 0.416 e. The highest BCUT2D eigenvalue weighted by atomic mass is 79.9. The lowest BCUT2D eigenvalue weighted by atomic mass is 10.1. The molecule has 3 rings (SSSR count). The van der Waals surface area contributed by atoms with Crippen LogP contribution in [0.1, 0.15) is 5.56 Å². The van der Waals surface area contributed by atoms with Crippen LogP contribution in [0.4, 0.5) is 13.2 Å². The predicted molar refractivity (Wildman–Crippen MR) is 79.9 cm³/mol. The van der Waals surface area contributed by atoms with Crippen molar-refractivity contribution in [3.05, 3.63) is 52.8 Å². The van der Waals surface area contributed by atoms with E-state index in [2.05, 4.69) is 20.9 Å². The molecule has 7 heteroatoms. The zero-order chi connectivity index (χ0) is 15.9. The highest BCUT2D eigenvalue weighted by molar-refractivity contribution is 9.10. The van der Waals surface area contributed by atoms with Crippen LogP contribution >= 0.6 is 15.9 Å². The molecule has 0 unspecified atom stereocenters. The molecule has 22 heavy (non-hydrogen) atoms. The number of rotatable bonds is 2. The Balaban J connectivity index is 2.09. The van der Waals surface area contributed by atoms with Crippen LogP contribution in [0.25, 0.3) is 16.9 Å². The van der Waals surface area contributed by atoms with Crippen molar-refractivity contribution in [2.45, 2.75) is 6.18 Å². The fourth-order valence-electron chi connectivity index (χ4n) is 2.12. The molecule has 0 aliphatic rings. The van der Waals surface area contributed by atoms with Crippen molar-refractivity contribution in [2.75, 3.05) is 7.11 Å². The molecule has 0 radical (unpaired) electrons. The third kappa shape index (κ3) is 2.68. The lowest BCUT2D eigenvalue weighted by Gasteiger charge is -2.05. The normalized spacial score (nSPS) is 11.9. The van der Waals surface area contributed by atoms with Crippen LogP contribution in [0, 0.1) is 0 Å². The molecule has 0 saturated heterocycles. The molecular formula is C15H10BrF3N2O. The fraction of sp³-hybridized carbons (Fsp3) is 0.133. The van der Waals surface area contributed by atoms with Gasteiger partial charge >= 0.3 is 6.18 Å². The van der Waals surface area contributed by atoms with E-state index in [4.69, 9.17) is 4.74 Å². The first-order valence-corrected chi connectivity index (χ1v) is 7.07. The Bertz CT molecular complexity index is 842. The van der Waals surface area contributed by atoms with Crippen LogP contribution < -0.4 is 4.74 Å². The van der Waals surface area contributed by atoms with Gasteiger partial charge in [0, 0.05) is 22.4 Å². The van der Waals surface area contributed by atoms with Crippen molar-refractivity contribution in [1.29, 1.82) is 0 Å². The number of fused-ring (bicyclic) bond motifs is 1. The zero-order valence-corrected chi connectivity index (χ0v) is 12.9. The number of pyridine rings is 1. The summed E-state index contributed by atoms with van der Waals surface area (Å²) in [6, 6.07) is 7.41. The van der Waals surface area contributed by atoms with Gasteiger partial charge in [0.15, 0.2) is 0 Å². The SMILES string of the molecule is COc1ccc(-c2cn3ccc(C(F)(F)F)cc3n2)c(Br)c1. The van der Waals surface area contributed by atoms with Crippen molar-refractivity contribution in [2.24, 2.45) is 0 Å². The maximum absolute atomic E-state index is 12.7. The Morgan fingerprint density at radius 1 is 1.18 bits per heavy atom. The lowest BCUT2D eigenvalue weighted by molar-refractivity contribution is -0.137. The number of aromatic nitrogens is 2. The van der Waals surface area contributed by atoms with Crippen molar-refractivity contribution in [3.63, 3.8) is 0 Å². The predicted octanol–water partition coefficient (Wildman–Crippen LogP) is 4.79. The first-order valence-electron chi connectivity index (χ1n) is 6.28. The topological polar surface area (TPSA) is 26.5 Å². The maximum Gasteiger partial charge on any atom is 0.416 e. The van der Waals surface area contributed by atoms with E-state index in [1.807, 2.05) is 0 Å². The molecule has 0 saturated carbocycles. The van der Waals surface area contributed by atoms with E-state index in [0.29, 0.717) is 11.4 Å². The van der Waals surface area contributed by atoms with Gasteiger partial charge in [0.1, 0.15) is 11.4 Å². The Morgan fingerprint density at radius 2 is 1.95 bits per heavy atom. The molecule has 0 N–H and O–H groups in total. The molecule has 0 bridgehead atoms. The second-order valence-corrected chi connectivity index (χ2v) is 5.50. The number of alkyl halides is 3. The molecule has 0 spiro atoms. The van der Waals surface area contributed by atoms with Gasteiger partial charge in [0.05, 0.1) is 18.4 Å². The quantitative estimate of drug-likeness (QED) is 0.648. The summed E-state index contributed by atoms with van der Waals surface area (Å²) >= 11 is 3.42. The van der Waals surface area contributed by atoms with Crippen molar-refractivity contribution in [1.82, 2.24) is 9.38 Å². The molecule has 0 atom stereocenters. The average Bonchev–Trinajstić information content (AvgIpc) is 2.88. The van der Waals surface area contributed by atoms with Crippen LogP contribution in [0.3, 0.4) is 0 Å². The minimum atomic E-state index is -4.38. The van der Waals surface area contributed by atoms with E-state index in [9.17, 15) is 13.2 Å². The maximum atomic E-state index is 12.7. The number of hydrogen-bond acceptors (Lipinski definition) is 2. The van der Waals surface area contributed by atoms with E-state index < -0.39 is 11.7 Å². The summed E-state index contributed by atoms with van der Waals surface area (Å²) in [6.07, 6.45) is -1.34. The number of benzene rings is 1. The summed E-state index contributed by atoms with van der Waals surface area (Å²) in [5, 5.41) is 0. The number of methoxy groups -OCH3 is 1. The van der Waals surface area contributed by atoms with E-state index in [1.165, 1.54) is 6.20 Å². The third-order valence-electron chi connectivity index (χ3n) is 3.24. The van der Waals surface area contributed by atoms with Gasteiger partial charge in [-0.25, -0.2) is 4.98 Å². The van der Waals surface area contributed by atoms with Gasteiger partial charge < -0.3 is 9.14 Å². The van der Waals surface area contributed by atoms with E-state index in [1.54, 1.807) is 35.9 Å². The summed E-state index contributed by atoms with van der Waals surface area (Å²) in [6.45, 7) is 0. The molecule has 0 aliphatic heterocycles. The number of imidazole rings is 1. The van der Waals surface area contributed by atoms with Crippen LogP contribution in [0.2, 0.25) is 0 Å². The van der Waals surface area contributed by atoms with Gasteiger partial charge in [0.2, 0.25) is 0 Å². The minimum absolute atomic E-state index is 0.243. The lowest BCUT2D eigenvalue weighted by Crippen LogP contribution is -2.05. The number of nitrogens with zero attached hydrogens (tertiary/aromatic N) is 2. The van der Waals surface area contributed by atoms with Gasteiger partial charge in [-0.05, 0) is 46.3 Å². The Morgan fingerprint density at radius 3 is 2.59 bits per heavy atom. The second kappa shape index (κ2) is 5.31. The van der Waals surface area contributed by atoms with Crippen molar-refractivity contribution in [3.8, 4) is 17.0 Å². The minimum Gasteiger partial charge on any atom is -0.497 e. The Labute approximate surface area is 132 Å². The molecule has 3 nitrogen and oxygen atoms in total. The van der Waals surface area contributed by atoms with Gasteiger partial charge in [-0.1, -0.05) is 0 Å². The second-order valence-electron chi connectivity index (χ2n) is 4.65. The van der Waals surface area contributed by atoms with Crippen LogP contribution in [-0.2, 0) is 6.18 Å². The summed E-state index contributed by atoms with van der Waals surface area (Å²) < 4.78 is 45.6. The molecule has 2 heterocycles. The molecule has 0 fully saturated rings. The number of ether oxygens (including phenoxy) is 1. The monoisotopic (exact) mass is 370 g/mol. The zero-order valence-electron chi connectivity index (χ0n) is 11.4. The summed E-state index contributed by atoms with van der Waals surface area (Å²) in [5.74, 6) is 0.679. The highest BCUT2D eigenvalue weighted by Gasteiger charge is 2.30. The fourth-order valence-corrected chi connectivity index (χ4v) is 2.68. The van der Waals surface area contributed by atoms with Gasteiger partial charge in [-0.2, -0.15) is 13.2 Å². The van der Waals surface area contributed by atoms with Crippen LogP contribution in [-0.4, -0.2) is 16.5 Å². The first-order chi connectivity index (χ1) is 10.4. The van der Waals surface area contributed by atoms with E-state index in [0.717, 1.165) is 22.2 Å². The standard InChI is InChI=1S/C15H10BrF3N2O/c1-22-10-2-3-11(12(16)7-10)13-8-21-5-4-9(15(17,18)19)6-14(21)20-13/h2-8H,1H3. The number of halogens is 4. The van der Waals surface area contributed by atoms with Gasteiger partial charge in [-0.3, -0.25) is 0 Å². The summed E-state index contributed by atoms with van der Waals surface area (Å²) in [5.41, 5.74) is 0.880. The van der Waals surface area contributed by atoms with Gasteiger partial charge in [-0.15, -0.1) is 0 Å². The van der Waals surface area contributed by atoms with E-state index in [-0.39, 0.29) is 5.65 Å². The highest BCUT2D eigenvalue weighted by Crippen LogP contribution is 2.33. The Hall–Kier alpha value is -2.02. The molecule has 3 aromatic rings. The molecule has 2 aromatic heterocycles. The molecular weight excluding hydrogens is 361 g/mol. The summed E-state index contributed by atoms with van der Waals surface area (Å²) in [4.78, 5) is 4.27.